The van der Waals surface area contributed by atoms with Gasteiger partial charge in [-0.15, -0.1) is 0 Å². The van der Waals surface area contributed by atoms with E-state index in [9.17, 15) is 0 Å². The van der Waals surface area contributed by atoms with Gasteiger partial charge in [0.2, 0.25) is 12.5 Å². The zero-order chi connectivity index (χ0) is 16.8. The van der Waals surface area contributed by atoms with Gasteiger partial charge in [0.05, 0.1) is 13.7 Å². The molecular weight excluding hydrogens is 322 g/mol. The fourth-order valence-electron chi connectivity index (χ4n) is 3.25. The zero-order valence-electron chi connectivity index (χ0n) is 13.6. The van der Waals surface area contributed by atoms with Gasteiger partial charge >= 0.3 is 0 Å². The molecule has 3 heterocycles. The monoisotopic (exact) mass is 337 g/mol. The second-order valence-electron chi connectivity index (χ2n) is 5.91. The molecule has 3 aromatic rings. The molecule has 0 unspecified atom stereocenters. The molecule has 25 heavy (non-hydrogen) atoms. The van der Waals surface area contributed by atoms with Gasteiger partial charge in [-0.2, -0.15) is 0 Å². The Bertz CT molecular complexity index is 962. The molecule has 6 heteroatoms. The van der Waals surface area contributed by atoms with Crippen LogP contribution in [-0.2, 0) is 6.42 Å². The summed E-state index contributed by atoms with van der Waals surface area (Å²) in [4.78, 5) is 0. The van der Waals surface area contributed by atoms with E-state index in [1.54, 1.807) is 13.4 Å². The van der Waals surface area contributed by atoms with Crippen molar-refractivity contribution in [2.75, 3.05) is 20.5 Å². The number of fused-ring (bicyclic) bond motifs is 2. The van der Waals surface area contributed by atoms with Crippen molar-refractivity contribution in [1.82, 2.24) is 5.16 Å². The maximum Gasteiger partial charge on any atom is 0.231 e. The highest BCUT2D eigenvalue weighted by Crippen LogP contribution is 2.45. The van der Waals surface area contributed by atoms with Gasteiger partial charge in [0.15, 0.2) is 11.5 Å². The van der Waals surface area contributed by atoms with Gasteiger partial charge in [-0.3, -0.25) is 0 Å². The van der Waals surface area contributed by atoms with E-state index in [0.29, 0.717) is 17.2 Å². The molecule has 1 aromatic heterocycles. The minimum absolute atomic E-state index is 0.184. The van der Waals surface area contributed by atoms with Crippen LogP contribution < -0.4 is 18.9 Å². The highest BCUT2D eigenvalue weighted by atomic mass is 16.7. The molecule has 0 aliphatic carbocycles. The third-order valence-corrected chi connectivity index (χ3v) is 4.51. The molecule has 0 atom stereocenters. The lowest BCUT2D eigenvalue weighted by molar-refractivity contribution is 0.171. The molecule has 0 radical (unpaired) electrons. The average molecular weight is 337 g/mol. The molecule has 2 aromatic carbocycles. The fraction of sp³-hybridized carbons (Fsp3) is 0.211. The van der Waals surface area contributed by atoms with Crippen LogP contribution in [0.15, 0.2) is 41.1 Å². The van der Waals surface area contributed by atoms with Crippen LogP contribution in [-0.4, -0.2) is 25.7 Å². The lowest BCUT2D eigenvalue weighted by atomic mass is 9.99. The van der Waals surface area contributed by atoms with Crippen molar-refractivity contribution in [3.05, 3.63) is 42.2 Å². The number of rotatable bonds is 3. The predicted octanol–water partition coefficient (Wildman–Crippen LogP) is 3.68. The normalized spacial score (nSPS) is 14.3. The minimum Gasteiger partial charge on any atom is -0.493 e. The maximum atomic E-state index is 5.67. The molecule has 0 fully saturated rings. The van der Waals surface area contributed by atoms with Crippen molar-refractivity contribution in [2.45, 2.75) is 6.42 Å². The second-order valence-corrected chi connectivity index (χ2v) is 5.91. The van der Waals surface area contributed by atoms with Crippen LogP contribution >= 0.6 is 0 Å². The van der Waals surface area contributed by atoms with Crippen molar-refractivity contribution in [1.29, 1.82) is 0 Å². The van der Waals surface area contributed by atoms with Crippen LogP contribution in [0.5, 0.6) is 23.0 Å². The molecular formula is C19H15NO5. The van der Waals surface area contributed by atoms with Crippen molar-refractivity contribution < 1.29 is 23.5 Å². The molecule has 6 nitrogen and oxygen atoms in total. The zero-order valence-corrected chi connectivity index (χ0v) is 13.6. The van der Waals surface area contributed by atoms with E-state index in [2.05, 4.69) is 17.3 Å². The summed E-state index contributed by atoms with van der Waals surface area (Å²) < 4.78 is 27.3. The number of methoxy groups -OCH3 is 1. The highest BCUT2D eigenvalue weighted by molar-refractivity contribution is 5.82. The number of benzene rings is 2. The Morgan fingerprint density at radius 1 is 1.00 bits per heavy atom. The first-order valence-electron chi connectivity index (χ1n) is 8.02. The number of hydrogen-bond acceptors (Lipinski definition) is 6. The van der Waals surface area contributed by atoms with Crippen LogP contribution in [0.25, 0.3) is 22.4 Å². The smallest absolute Gasteiger partial charge is 0.231 e. The van der Waals surface area contributed by atoms with Gasteiger partial charge in [-0.25, -0.2) is 0 Å². The molecule has 2 aliphatic heterocycles. The molecule has 0 amide bonds. The third kappa shape index (κ3) is 2.21. The van der Waals surface area contributed by atoms with Gasteiger partial charge in [0.25, 0.3) is 0 Å². The van der Waals surface area contributed by atoms with Crippen LogP contribution in [0.3, 0.4) is 0 Å². The predicted molar refractivity (Wildman–Crippen MR) is 89.2 cm³/mol. The number of hydrogen-bond donors (Lipinski definition) is 0. The third-order valence-electron chi connectivity index (χ3n) is 4.51. The van der Waals surface area contributed by atoms with E-state index in [1.807, 2.05) is 18.2 Å². The Morgan fingerprint density at radius 2 is 1.92 bits per heavy atom. The van der Waals surface area contributed by atoms with E-state index < -0.39 is 0 Å². The molecule has 126 valence electrons. The van der Waals surface area contributed by atoms with Crippen LogP contribution in [0, 0.1) is 0 Å². The Kier molecular flexibility index (Phi) is 3.09. The Morgan fingerprint density at radius 3 is 2.84 bits per heavy atom. The fourth-order valence-corrected chi connectivity index (χ4v) is 3.25. The molecule has 0 spiro atoms. The Balaban J connectivity index is 1.62. The van der Waals surface area contributed by atoms with E-state index in [-0.39, 0.29) is 6.79 Å². The van der Waals surface area contributed by atoms with E-state index >= 15 is 0 Å². The average Bonchev–Trinajstić information content (AvgIpc) is 3.38. The first-order valence-corrected chi connectivity index (χ1v) is 8.02. The van der Waals surface area contributed by atoms with Crippen LogP contribution in [0.4, 0.5) is 0 Å². The van der Waals surface area contributed by atoms with Crippen molar-refractivity contribution in [3.63, 3.8) is 0 Å². The number of nitrogens with zero attached hydrogens (tertiary/aromatic N) is 1. The summed E-state index contributed by atoms with van der Waals surface area (Å²) in [5.41, 5.74) is 4.67. The van der Waals surface area contributed by atoms with Crippen LogP contribution in [0.2, 0.25) is 0 Å². The second kappa shape index (κ2) is 5.44. The summed E-state index contributed by atoms with van der Waals surface area (Å²) in [5.74, 6) is 2.78. The minimum atomic E-state index is 0.184. The summed E-state index contributed by atoms with van der Waals surface area (Å²) in [6.45, 7) is 0.914. The highest BCUT2D eigenvalue weighted by Gasteiger charge is 2.23. The molecule has 0 N–H and O–H groups in total. The lowest BCUT2D eigenvalue weighted by Crippen LogP contribution is -1.93. The lowest BCUT2D eigenvalue weighted by Gasteiger charge is -2.08. The Hall–Kier alpha value is -3.15. The van der Waals surface area contributed by atoms with Gasteiger partial charge in [0, 0.05) is 17.5 Å². The molecule has 2 aliphatic rings. The standard InChI is InChI=1S/C19H15NO5/c1-21-16-7-13(8-17-19(16)24-10-23-17)18-14(9-25-20-18)12-3-2-11-4-5-22-15(11)6-12/h2-3,6-9H,4-5,10H2,1H3. The van der Waals surface area contributed by atoms with E-state index in [4.69, 9.17) is 23.5 Å². The van der Waals surface area contributed by atoms with E-state index in [0.717, 1.165) is 41.2 Å². The molecule has 0 saturated heterocycles. The molecule has 5 rings (SSSR count). The van der Waals surface area contributed by atoms with E-state index in [1.165, 1.54) is 5.56 Å². The summed E-state index contributed by atoms with van der Waals surface area (Å²) in [6, 6.07) is 9.94. The van der Waals surface area contributed by atoms with Gasteiger partial charge in [-0.1, -0.05) is 17.3 Å². The first-order chi connectivity index (χ1) is 12.3. The molecule has 0 bridgehead atoms. The van der Waals surface area contributed by atoms with Gasteiger partial charge in [-0.05, 0) is 29.3 Å². The van der Waals surface area contributed by atoms with Gasteiger partial charge < -0.3 is 23.5 Å². The SMILES string of the molecule is COc1cc(-c2nocc2-c2ccc3c(c2)OCC3)cc2c1OCO2. The van der Waals surface area contributed by atoms with Crippen molar-refractivity contribution in [2.24, 2.45) is 0 Å². The summed E-state index contributed by atoms with van der Waals surface area (Å²) in [7, 11) is 1.60. The summed E-state index contributed by atoms with van der Waals surface area (Å²) in [5, 5.41) is 4.19. The maximum absolute atomic E-state index is 5.67. The molecule has 0 saturated carbocycles. The number of aromatic nitrogens is 1. The summed E-state index contributed by atoms with van der Waals surface area (Å²) in [6.07, 6.45) is 2.59. The van der Waals surface area contributed by atoms with Gasteiger partial charge in [0.1, 0.15) is 17.7 Å². The van der Waals surface area contributed by atoms with Crippen LogP contribution in [0.1, 0.15) is 5.56 Å². The largest absolute Gasteiger partial charge is 0.493 e. The summed E-state index contributed by atoms with van der Waals surface area (Å²) >= 11 is 0. The van der Waals surface area contributed by atoms with Crippen molar-refractivity contribution >= 4 is 0 Å². The number of ether oxygens (including phenoxy) is 4. The quantitative estimate of drug-likeness (QED) is 0.726. The Labute approximate surface area is 143 Å². The topological polar surface area (TPSA) is 63.0 Å². The first kappa shape index (κ1) is 14.2. The van der Waals surface area contributed by atoms with Crippen molar-refractivity contribution in [3.8, 4) is 45.4 Å².